The Bertz CT molecular complexity index is 950. The Morgan fingerprint density at radius 3 is 2.68 bits per heavy atom. The number of carbonyl (C=O) groups is 1. The zero-order valence-corrected chi connectivity index (χ0v) is 13.5. The van der Waals surface area contributed by atoms with Gasteiger partial charge in [-0.25, -0.2) is 0 Å². The highest BCUT2D eigenvalue weighted by molar-refractivity contribution is 6.34. The van der Waals surface area contributed by atoms with E-state index in [1.54, 1.807) is 18.3 Å². The number of fused-ring (bicyclic) bond motifs is 1. The maximum absolute atomic E-state index is 12.8. The number of hydrogen-bond acceptors (Lipinski definition) is 2. The second-order valence-corrected chi connectivity index (χ2v) is 5.95. The summed E-state index contributed by atoms with van der Waals surface area (Å²) < 4.78 is 38.5. The van der Waals surface area contributed by atoms with Gasteiger partial charge < -0.3 is 16.0 Å². The predicted molar refractivity (Wildman–Crippen MR) is 90.3 cm³/mol. The Kier molecular flexibility index (Phi) is 4.34. The second kappa shape index (κ2) is 6.33. The fraction of sp³-hybridized carbons (Fsp3) is 0.118. The Balaban J connectivity index is 1.80. The van der Waals surface area contributed by atoms with Gasteiger partial charge >= 0.3 is 6.18 Å². The molecule has 4 nitrogen and oxygen atoms in total. The number of aromatic nitrogens is 1. The third-order valence-electron chi connectivity index (χ3n) is 3.68. The number of carbonyl (C=O) groups excluding carboxylic acids is 1. The summed E-state index contributed by atoms with van der Waals surface area (Å²) in [5.74, 6) is -0.488. The smallest absolute Gasteiger partial charge is 0.399 e. The maximum Gasteiger partial charge on any atom is 0.416 e. The summed E-state index contributed by atoms with van der Waals surface area (Å²) in [5.41, 5.74) is 5.84. The highest BCUT2D eigenvalue weighted by atomic mass is 35.5. The minimum atomic E-state index is -4.50. The van der Waals surface area contributed by atoms with Crippen LogP contribution in [-0.4, -0.2) is 10.9 Å². The van der Waals surface area contributed by atoms with Crippen molar-refractivity contribution in [1.82, 2.24) is 10.3 Å². The molecule has 0 fully saturated rings. The van der Waals surface area contributed by atoms with Gasteiger partial charge in [0.25, 0.3) is 5.91 Å². The van der Waals surface area contributed by atoms with Crippen molar-refractivity contribution in [3.8, 4) is 0 Å². The third kappa shape index (κ3) is 3.71. The van der Waals surface area contributed by atoms with Crippen molar-refractivity contribution in [2.45, 2.75) is 12.7 Å². The van der Waals surface area contributed by atoms with Gasteiger partial charge in [-0.05, 0) is 42.0 Å². The molecular formula is C17H13ClF3N3O. The molecule has 3 aromatic rings. The van der Waals surface area contributed by atoms with Gasteiger partial charge in [0.15, 0.2) is 0 Å². The van der Waals surface area contributed by atoms with Gasteiger partial charge in [0, 0.05) is 29.3 Å². The number of nitrogens with one attached hydrogen (secondary N) is 2. The molecule has 0 radical (unpaired) electrons. The van der Waals surface area contributed by atoms with Gasteiger partial charge in [-0.15, -0.1) is 0 Å². The number of nitrogens with two attached hydrogens (primary N) is 1. The summed E-state index contributed by atoms with van der Waals surface area (Å²) in [7, 11) is 0. The van der Waals surface area contributed by atoms with E-state index in [1.165, 1.54) is 6.07 Å². The van der Waals surface area contributed by atoms with Gasteiger partial charge in [-0.3, -0.25) is 4.79 Å². The molecule has 2 aromatic carbocycles. The quantitative estimate of drug-likeness (QED) is 0.602. The first-order chi connectivity index (χ1) is 11.7. The fourth-order valence-corrected chi connectivity index (χ4v) is 2.77. The summed E-state index contributed by atoms with van der Waals surface area (Å²) in [5, 5.41) is 3.67. The van der Waals surface area contributed by atoms with Crippen LogP contribution in [0.15, 0.2) is 42.6 Å². The molecule has 4 N–H and O–H groups in total. The topological polar surface area (TPSA) is 70.9 Å². The van der Waals surface area contributed by atoms with Crippen LogP contribution in [0.25, 0.3) is 10.9 Å². The van der Waals surface area contributed by atoms with E-state index in [4.69, 9.17) is 17.3 Å². The molecule has 0 aliphatic heterocycles. The standard InChI is InChI=1S/C17H13ClF3N3O/c18-14-5-10-1-2-23-15(10)7-13(14)16(25)24-8-9-3-11(17(19,20)21)6-12(22)4-9/h1-7,23H,8,22H2,(H,24,25). The molecule has 1 amide bonds. The van der Waals surface area contributed by atoms with Gasteiger partial charge in [0.2, 0.25) is 0 Å². The SMILES string of the molecule is Nc1cc(CNC(=O)c2cc3[nH]ccc3cc2Cl)cc(C(F)(F)F)c1. The van der Waals surface area contributed by atoms with Crippen molar-refractivity contribution in [1.29, 1.82) is 0 Å². The van der Waals surface area contributed by atoms with Crippen LogP contribution in [-0.2, 0) is 12.7 Å². The molecule has 3 rings (SSSR count). The van der Waals surface area contributed by atoms with E-state index < -0.39 is 17.6 Å². The number of nitrogen functional groups attached to an aromatic ring is 1. The molecule has 0 aliphatic carbocycles. The Morgan fingerprint density at radius 1 is 1.20 bits per heavy atom. The van der Waals surface area contributed by atoms with Crippen molar-refractivity contribution in [2.75, 3.05) is 5.73 Å². The van der Waals surface area contributed by atoms with Crippen molar-refractivity contribution in [3.63, 3.8) is 0 Å². The number of H-pyrrole nitrogens is 1. The van der Waals surface area contributed by atoms with E-state index in [-0.39, 0.29) is 28.4 Å². The average molecular weight is 368 g/mol. The number of benzene rings is 2. The molecular weight excluding hydrogens is 355 g/mol. The number of rotatable bonds is 3. The first-order valence-electron chi connectivity index (χ1n) is 7.25. The van der Waals surface area contributed by atoms with Gasteiger partial charge in [0.1, 0.15) is 0 Å². The average Bonchev–Trinajstić information content (AvgIpc) is 2.97. The highest BCUT2D eigenvalue weighted by Gasteiger charge is 2.31. The summed E-state index contributed by atoms with van der Waals surface area (Å²) >= 11 is 6.10. The Hall–Kier alpha value is -2.67. The molecule has 0 aliphatic rings. The van der Waals surface area contributed by atoms with Crippen LogP contribution in [0.4, 0.5) is 18.9 Å². The largest absolute Gasteiger partial charge is 0.416 e. The molecule has 1 heterocycles. The lowest BCUT2D eigenvalue weighted by Crippen LogP contribution is -2.23. The number of anilines is 1. The van der Waals surface area contributed by atoms with Crippen LogP contribution in [0.2, 0.25) is 5.02 Å². The van der Waals surface area contributed by atoms with E-state index in [9.17, 15) is 18.0 Å². The number of halogens is 4. The van der Waals surface area contributed by atoms with Crippen LogP contribution in [0.1, 0.15) is 21.5 Å². The lowest BCUT2D eigenvalue weighted by Gasteiger charge is -2.12. The lowest BCUT2D eigenvalue weighted by molar-refractivity contribution is -0.137. The third-order valence-corrected chi connectivity index (χ3v) is 3.99. The van der Waals surface area contributed by atoms with Crippen LogP contribution in [0.3, 0.4) is 0 Å². The molecule has 0 bridgehead atoms. The minimum Gasteiger partial charge on any atom is -0.399 e. The monoisotopic (exact) mass is 367 g/mol. The molecule has 0 saturated carbocycles. The van der Waals surface area contributed by atoms with Crippen molar-refractivity contribution in [2.24, 2.45) is 0 Å². The molecule has 1 aromatic heterocycles. The van der Waals surface area contributed by atoms with Crippen LogP contribution in [0, 0.1) is 0 Å². The molecule has 0 saturated heterocycles. The highest BCUT2D eigenvalue weighted by Crippen LogP contribution is 2.31. The molecule has 0 unspecified atom stereocenters. The van der Waals surface area contributed by atoms with E-state index in [0.29, 0.717) is 0 Å². The number of alkyl halides is 3. The Morgan fingerprint density at radius 2 is 1.96 bits per heavy atom. The molecule has 8 heteroatoms. The molecule has 0 spiro atoms. The van der Waals surface area contributed by atoms with E-state index in [0.717, 1.165) is 23.0 Å². The van der Waals surface area contributed by atoms with E-state index in [1.807, 2.05) is 6.07 Å². The van der Waals surface area contributed by atoms with Crippen LogP contribution in [0.5, 0.6) is 0 Å². The fourth-order valence-electron chi connectivity index (χ4n) is 2.51. The second-order valence-electron chi connectivity index (χ2n) is 5.54. The minimum absolute atomic E-state index is 0.0232. The van der Waals surface area contributed by atoms with Gasteiger partial charge in [-0.1, -0.05) is 11.6 Å². The molecule has 25 heavy (non-hydrogen) atoms. The first-order valence-corrected chi connectivity index (χ1v) is 7.63. The summed E-state index contributed by atoms with van der Waals surface area (Å²) in [6.45, 7) is -0.105. The van der Waals surface area contributed by atoms with Crippen LogP contribution < -0.4 is 11.1 Å². The zero-order chi connectivity index (χ0) is 18.2. The van der Waals surface area contributed by atoms with Crippen molar-refractivity contribution in [3.05, 3.63) is 64.3 Å². The number of hydrogen-bond donors (Lipinski definition) is 3. The first kappa shape index (κ1) is 17.2. The molecule has 130 valence electrons. The summed E-state index contributed by atoms with van der Waals surface area (Å²) in [6.07, 6.45) is -2.79. The number of amides is 1. The normalized spacial score (nSPS) is 11.7. The van der Waals surface area contributed by atoms with E-state index >= 15 is 0 Å². The van der Waals surface area contributed by atoms with Crippen molar-refractivity contribution < 1.29 is 18.0 Å². The maximum atomic E-state index is 12.8. The van der Waals surface area contributed by atoms with Gasteiger partial charge in [-0.2, -0.15) is 13.2 Å². The Labute approximate surface area is 145 Å². The number of aromatic amines is 1. The van der Waals surface area contributed by atoms with Crippen LogP contribution >= 0.6 is 11.6 Å². The lowest BCUT2D eigenvalue weighted by atomic mass is 10.1. The van der Waals surface area contributed by atoms with Gasteiger partial charge in [0.05, 0.1) is 16.1 Å². The zero-order valence-electron chi connectivity index (χ0n) is 12.7. The summed E-state index contributed by atoms with van der Waals surface area (Å²) in [4.78, 5) is 15.3. The summed E-state index contributed by atoms with van der Waals surface area (Å²) in [6, 6.07) is 8.23. The van der Waals surface area contributed by atoms with Crippen molar-refractivity contribution >= 4 is 34.1 Å². The van der Waals surface area contributed by atoms with E-state index in [2.05, 4.69) is 10.3 Å². The molecule has 0 atom stereocenters. The predicted octanol–water partition coefficient (Wildman–Crippen LogP) is 4.35.